The van der Waals surface area contributed by atoms with E-state index in [0.717, 1.165) is 86.4 Å². The normalized spacial score (nSPS) is 15.9. The van der Waals surface area contributed by atoms with Gasteiger partial charge in [0.2, 0.25) is 0 Å². The third-order valence-corrected chi connectivity index (χ3v) is 14.6. The third kappa shape index (κ3) is 23.6. The molecule has 0 saturated carbocycles. The average Bonchev–Trinajstić information content (AvgIpc) is 3.39. The van der Waals surface area contributed by atoms with Gasteiger partial charge in [0.05, 0.1) is 45.7 Å². The zero-order chi connectivity index (χ0) is 54.7. The molecule has 2 heterocycles. The molecule has 3 atom stereocenters. The molecule has 0 bridgehead atoms. The number of benzene rings is 4. The summed E-state index contributed by atoms with van der Waals surface area (Å²) in [5, 5.41) is 19.0. The first-order valence-corrected chi connectivity index (χ1v) is 28.6. The molecule has 0 amide bonds. The Morgan fingerprint density at radius 2 is 1.00 bits per heavy atom. The lowest BCUT2D eigenvalue weighted by molar-refractivity contribution is -0.120. The molecule has 4 aromatic carbocycles. The van der Waals surface area contributed by atoms with E-state index in [1.807, 2.05) is 12.1 Å². The van der Waals surface area contributed by atoms with Crippen molar-refractivity contribution < 1.29 is 38.4 Å². The van der Waals surface area contributed by atoms with E-state index in [4.69, 9.17) is 65.4 Å². The number of ketones is 3. The third-order valence-electron chi connectivity index (χ3n) is 13.5. The van der Waals surface area contributed by atoms with E-state index in [9.17, 15) is 19.5 Å². The topological polar surface area (TPSA) is 139 Å². The first-order chi connectivity index (χ1) is 36.7. The number of hydrogen-bond donors (Lipinski definition) is 3. The highest BCUT2D eigenvalue weighted by Gasteiger charge is 2.29. The molecular weight excluding hydrogens is 1050 g/mol. The molecule has 4 aromatic rings. The maximum absolute atomic E-state index is 11.8. The lowest BCUT2D eigenvalue weighted by Gasteiger charge is -2.33. The van der Waals surface area contributed by atoms with E-state index >= 15 is 0 Å². The van der Waals surface area contributed by atoms with Crippen LogP contribution in [-0.4, -0.2) is 131 Å². The van der Waals surface area contributed by atoms with Crippen LogP contribution in [0.4, 0.5) is 0 Å². The van der Waals surface area contributed by atoms with Crippen molar-refractivity contribution in [1.82, 2.24) is 20.4 Å². The summed E-state index contributed by atoms with van der Waals surface area (Å²) in [5.41, 5.74) is 9.76. The molecule has 16 heteroatoms. The Labute approximate surface area is 472 Å². The molecule has 2 aliphatic heterocycles. The predicted molar refractivity (Wildman–Crippen MR) is 307 cm³/mol. The number of hydrogen-bond acceptors (Lipinski definition) is 12. The second kappa shape index (κ2) is 35.3. The van der Waals surface area contributed by atoms with Crippen molar-refractivity contribution in [3.8, 4) is 0 Å². The van der Waals surface area contributed by atoms with E-state index in [0.29, 0.717) is 114 Å². The van der Waals surface area contributed by atoms with Crippen molar-refractivity contribution in [2.24, 2.45) is 0 Å². The molecule has 2 aliphatic rings. The van der Waals surface area contributed by atoms with E-state index < -0.39 is 0 Å². The van der Waals surface area contributed by atoms with Crippen LogP contribution in [0.5, 0.6) is 0 Å². The van der Waals surface area contributed by atoms with Gasteiger partial charge in [0.1, 0.15) is 17.3 Å². The Morgan fingerprint density at radius 1 is 0.579 bits per heavy atom. The molecule has 1 unspecified atom stereocenters. The van der Waals surface area contributed by atoms with Crippen LogP contribution in [0.25, 0.3) is 0 Å². The molecule has 0 radical (unpaired) electrons. The zero-order valence-electron chi connectivity index (χ0n) is 45.3. The van der Waals surface area contributed by atoms with Gasteiger partial charge in [0, 0.05) is 130 Å². The van der Waals surface area contributed by atoms with Gasteiger partial charge in [-0.25, -0.2) is 0 Å². The number of rotatable bonds is 34. The van der Waals surface area contributed by atoms with Crippen LogP contribution in [-0.2, 0) is 59.5 Å². The number of Topliss-reactive ketones (excluding diaryl/α,β-unsaturated/α-hetero) is 3. The summed E-state index contributed by atoms with van der Waals surface area (Å²) in [6.07, 6.45) is 5.75. The van der Waals surface area contributed by atoms with Crippen LogP contribution in [0, 0.1) is 0 Å². The number of fused-ring (bicyclic) bond motifs is 2. The standard InChI is InChI=1S/C30H42Cl2N2O4.C30H40Cl2N2O4/c2*1-22(35)6-3-9-26(36)10-5-12-37-14-15-38-13-11-33-19-23-7-4-8-24(16-23)28-20-34(2)21-29-27(28)17-25(31)18-30(29)32/h4,7-8,16-18,22,28,33,35H,3,5-6,9-15,19-21H2,1-2H3;4,7-8,16-18,28,33H,3,5-6,9-15,19-21H2,1-2H3/t22?,28-;28-/m00/s1. The minimum atomic E-state index is -0.332. The summed E-state index contributed by atoms with van der Waals surface area (Å²) in [7, 11) is 4.25. The number of carbonyl (C=O) groups excluding carboxylic acids is 3. The number of likely N-dealkylation sites (N-methyl/N-ethyl adjacent to an activating group) is 2. The van der Waals surface area contributed by atoms with Crippen LogP contribution in [0.1, 0.15) is 134 Å². The van der Waals surface area contributed by atoms with Crippen molar-refractivity contribution in [3.63, 3.8) is 0 Å². The van der Waals surface area contributed by atoms with Crippen LogP contribution >= 0.6 is 46.4 Å². The quantitative estimate of drug-likeness (QED) is 0.0384. The summed E-state index contributed by atoms with van der Waals surface area (Å²) in [4.78, 5) is 39.0. The lowest BCUT2D eigenvalue weighted by atomic mass is 9.84. The number of aliphatic hydroxyl groups is 1. The number of aliphatic hydroxyl groups excluding tert-OH is 1. The van der Waals surface area contributed by atoms with Crippen molar-refractivity contribution in [2.45, 2.75) is 122 Å². The molecular formula is C60H82Cl4N4O8. The summed E-state index contributed by atoms with van der Waals surface area (Å²) in [6.45, 7) is 14.3. The number of nitrogens with one attached hydrogen (secondary N) is 2. The van der Waals surface area contributed by atoms with Gasteiger partial charge >= 0.3 is 0 Å². The molecule has 12 nitrogen and oxygen atoms in total. The predicted octanol–water partition coefficient (Wildman–Crippen LogP) is 11.4. The largest absolute Gasteiger partial charge is 0.393 e. The second-order valence-electron chi connectivity index (χ2n) is 20.3. The fraction of sp³-hybridized carbons (Fsp3) is 0.550. The first kappa shape index (κ1) is 63.5. The minimum absolute atomic E-state index is 0.136. The molecule has 0 fully saturated rings. The molecule has 0 aromatic heterocycles. The fourth-order valence-electron chi connectivity index (χ4n) is 9.62. The van der Waals surface area contributed by atoms with Gasteiger partial charge < -0.3 is 49.3 Å². The van der Waals surface area contributed by atoms with E-state index in [1.165, 1.54) is 33.4 Å². The maximum Gasteiger partial charge on any atom is 0.133 e. The van der Waals surface area contributed by atoms with Crippen molar-refractivity contribution in [2.75, 3.05) is 93.1 Å². The Morgan fingerprint density at radius 3 is 1.43 bits per heavy atom. The van der Waals surface area contributed by atoms with Gasteiger partial charge in [0.15, 0.2) is 0 Å². The minimum Gasteiger partial charge on any atom is -0.393 e. The fourth-order valence-corrected chi connectivity index (χ4v) is 10.8. The van der Waals surface area contributed by atoms with Crippen LogP contribution in [0.3, 0.4) is 0 Å². The lowest BCUT2D eigenvalue weighted by Crippen LogP contribution is -2.31. The average molecular weight is 1130 g/mol. The molecule has 3 N–H and O–H groups in total. The Balaban J connectivity index is 0.000000281. The van der Waals surface area contributed by atoms with Gasteiger partial charge in [-0.15, -0.1) is 0 Å². The van der Waals surface area contributed by atoms with E-state index in [2.05, 4.69) is 95.2 Å². The highest BCUT2D eigenvalue weighted by molar-refractivity contribution is 6.35. The first-order valence-electron chi connectivity index (χ1n) is 27.1. The number of ether oxygens (including phenoxy) is 4. The second-order valence-corrected chi connectivity index (χ2v) is 22.0. The van der Waals surface area contributed by atoms with E-state index in [-0.39, 0.29) is 35.3 Å². The summed E-state index contributed by atoms with van der Waals surface area (Å²) in [6, 6.07) is 25.2. The molecule has 6 rings (SSSR count). The highest BCUT2D eigenvalue weighted by atomic mass is 35.5. The number of nitrogens with zero attached hydrogens (tertiary/aromatic N) is 2. The van der Waals surface area contributed by atoms with Crippen LogP contribution < -0.4 is 10.6 Å². The molecule has 0 spiro atoms. The Hall–Kier alpha value is -3.31. The van der Waals surface area contributed by atoms with Gasteiger partial charge in [-0.3, -0.25) is 9.59 Å². The Bertz CT molecular complexity index is 2410. The SMILES string of the molecule is CC(=O)CCCC(=O)CCCOCCOCCNCc1cccc([C@@H]2CN(C)Cc3c(Cl)cc(Cl)cc32)c1.CC(O)CCCC(=O)CCCOCCOCCNCc1cccc([C@@H]2CN(C)Cc3c(Cl)cc(Cl)cc32)c1. The smallest absolute Gasteiger partial charge is 0.133 e. The molecule has 0 saturated heterocycles. The molecule has 418 valence electrons. The van der Waals surface area contributed by atoms with Crippen LogP contribution in [0.2, 0.25) is 20.1 Å². The monoisotopic (exact) mass is 1130 g/mol. The van der Waals surface area contributed by atoms with Gasteiger partial charge in [-0.2, -0.15) is 0 Å². The van der Waals surface area contributed by atoms with Gasteiger partial charge in [-0.05, 0) is 129 Å². The van der Waals surface area contributed by atoms with E-state index in [1.54, 1.807) is 13.8 Å². The molecule has 76 heavy (non-hydrogen) atoms. The van der Waals surface area contributed by atoms with Crippen LogP contribution in [0.15, 0.2) is 72.8 Å². The van der Waals surface area contributed by atoms with Crippen molar-refractivity contribution in [3.05, 3.63) is 137 Å². The summed E-state index contributed by atoms with van der Waals surface area (Å²) in [5.74, 6) is 1.04. The summed E-state index contributed by atoms with van der Waals surface area (Å²) >= 11 is 25.7. The molecule has 0 aliphatic carbocycles. The van der Waals surface area contributed by atoms with Gasteiger partial charge in [0.25, 0.3) is 0 Å². The number of carbonyl (C=O) groups is 3. The zero-order valence-corrected chi connectivity index (χ0v) is 48.3. The van der Waals surface area contributed by atoms with Crippen molar-refractivity contribution >= 4 is 63.8 Å². The number of halogens is 4. The Kier molecular flexibility index (Phi) is 29.5. The van der Waals surface area contributed by atoms with Gasteiger partial charge in [-0.1, -0.05) is 94.9 Å². The summed E-state index contributed by atoms with van der Waals surface area (Å²) < 4.78 is 22.4. The maximum atomic E-state index is 11.8. The highest BCUT2D eigenvalue weighted by Crippen LogP contribution is 2.40. The van der Waals surface area contributed by atoms with Crippen molar-refractivity contribution in [1.29, 1.82) is 0 Å².